The van der Waals surface area contributed by atoms with Crippen LogP contribution in [0.5, 0.6) is 0 Å². The van der Waals surface area contributed by atoms with E-state index in [2.05, 4.69) is 42.2 Å². The summed E-state index contributed by atoms with van der Waals surface area (Å²) in [5.41, 5.74) is 8.27. The lowest BCUT2D eigenvalue weighted by atomic mass is 10.1. The van der Waals surface area contributed by atoms with Gasteiger partial charge in [-0.05, 0) is 33.3 Å². The van der Waals surface area contributed by atoms with Crippen molar-refractivity contribution in [3.63, 3.8) is 0 Å². The van der Waals surface area contributed by atoms with Crippen molar-refractivity contribution in [3.8, 4) is 0 Å². The third-order valence-electron chi connectivity index (χ3n) is 3.08. The van der Waals surface area contributed by atoms with Crippen LogP contribution in [0.3, 0.4) is 0 Å². The molecule has 4 nitrogen and oxygen atoms in total. The fourth-order valence-corrected chi connectivity index (χ4v) is 2.34. The lowest BCUT2D eigenvalue weighted by Crippen LogP contribution is -2.27. The normalized spacial score (nSPS) is 14.1. The van der Waals surface area contributed by atoms with Gasteiger partial charge in [0.05, 0.1) is 17.8 Å². The van der Waals surface area contributed by atoms with Gasteiger partial charge in [-0.15, -0.1) is 0 Å². The predicted molar refractivity (Wildman–Crippen MR) is 74.4 cm³/mol. The maximum atomic E-state index is 6.26. The van der Waals surface area contributed by atoms with Crippen molar-refractivity contribution >= 4 is 11.0 Å². The van der Waals surface area contributed by atoms with E-state index in [1.807, 2.05) is 6.07 Å². The average molecular weight is 246 g/mol. The van der Waals surface area contributed by atoms with E-state index in [1.54, 1.807) is 12.4 Å². The highest BCUT2D eigenvalue weighted by molar-refractivity contribution is 5.75. The second kappa shape index (κ2) is 4.69. The van der Waals surface area contributed by atoms with Gasteiger partial charge in [0.2, 0.25) is 0 Å². The van der Waals surface area contributed by atoms with E-state index < -0.39 is 0 Å². The molecule has 0 aliphatic heterocycles. The molecule has 1 unspecified atom stereocenters. The minimum atomic E-state index is -0.0310. The molecule has 0 radical (unpaired) electrons. The summed E-state index contributed by atoms with van der Waals surface area (Å²) in [6, 6.07) is 2.00. The number of nitrogens with two attached hydrogens (primary N) is 1. The fraction of sp³-hybridized carbons (Fsp3) is 0.571. The molecule has 2 N–H and O–H groups in total. The molecule has 2 heterocycles. The van der Waals surface area contributed by atoms with E-state index >= 15 is 0 Å². The molecule has 98 valence electrons. The zero-order valence-electron chi connectivity index (χ0n) is 11.6. The molecule has 0 saturated carbocycles. The molecule has 0 saturated heterocycles. The smallest absolute Gasteiger partial charge is 0.127 e. The van der Waals surface area contributed by atoms with E-state index in [-0.39, 0.29) is 11.6 Å². The van der Waals surface area contributed by atoms with Gasteiger partial charge in [-0.1, -0.05) is 13.3 Å². The molecule has 1 atom stereocenters. The summed E-state index contributed by atoms with van der Waals surface area (Å²) in [5, 5.41) is 0. The van der Waals surface area contributed by atoms with Gasteiger partial charge in [-0.2, -0.15) is 0 Å². The number of nitrogens with zero attached hydrogens (tertiary/aromatic N) is 3. The van der Waals surface area contributed by atoms with Crippen LogP contribution >= 0.6 is 0 Å². The first kappa shape index (κ1) is 13.0. The van der Waals surface area contributed by atoms with Gasteiger partial charge < -0.3 is 10.3 Å². The van der Waals surface area contributed by atoms with Gasteiger partial charge in [0.25, 0.3) is 0 Å². The molecule has 0 aromatic carbocycles. The summed E-state index contributed by atoms with van der Waals surface area (Å²) in [5.74, 6) is 0.965. The van der Waals surface area contributed by atoms with Crippen molar-refractivity contribution in [3.05, 3.63) is 24.3 Å². The molecule has 2 aromatic rings. The van der Waals surface area contributed by atoms with Crippen LogP contribution < -0.4 is 5.73 Å². The predicted octanol–water partition coefficient (Wildman–Crippen LogP) is 2.99. The standard InChI is InChI=1S/C14H22N4/c1-5-6-10(15)13-17-11-9-16-8-7-12(11)18(13)14(2,3)4/h7-10H,5-6,15H2,1-4H3. The lowest BCUT2D eigenvalue weighted by molar-refractivity contribution is 0.379. The molecular formula is C14H22N4. The zero-order valence-corrected chi connectivity index (χ0v) is 11.6. The number of imidazole rings is 1. The number of hydrogen-bond acceptors (Lipinski definition) is 3. The van der Waals surface area contributed by atoms with Gasteiger partial charge in [0.1, 0.15) is 11.3 Å². The third kappa shape index (κ3) is 2.25. The first-order chi connectivity index (χ1) is 8.45. The Kier molecular flexibility index (Phi) is 3.39. The quantitative estimate of drug-likeness (QED) is 0.905. The summed E-state index contributed by atoms with van der Waals surface area (Å²) in [6.45, 7) is 8.68. The SMILES string of the molecule is CCCC(N)c1nc2cnccc2n1C(C)(C)C. The summed E-state index contributed by atoms with van der Waals surface area (Å²) in [4.78, 5) is 8.81. The Labute approximate surface area is 108 Å². The Morgan fingerprint density at radius 2 is 2.11 bits per heavy atom. The number of fused-ring (bicyclic) bond motifs is 1. The Morgan fingerprint density at radius 3 is 2.72 bits per heavy atom. The largest absolute Gasteiger partial charge is 0.321 e. The van der Waals surface area contributed by atoms with E-state index in [0.717, 1.165) is 29.7 Å². The minimum Gasteiger partial charge on any atom is -0.321 e. The van der Waals surface area contributed by atoms with Gasteiger partial charge >= 0.3 is 0 Å². The highest BCUT2D eigenvalue weighted by Crippen LogP contribution is 2.28. The van der Waals surface area contributed by atoms with E-state index in [9.17, 15) is 0 Å². The van der Waals surface area contributed by atoms with Crippen LogP contribution in [0.25, 0.3) is 11.0 Å². The van der Waals surface area contributed by atoms with Gasteiger partial charge in [0, 0.05) is 11.7 Å². The number of hydrogen-bond donors (Lipinski definition) is 1. The number of rotatable bonds is 3. The molecule has 0 bridgehead atoms. The fourth-order valence-electron chi connectivity index (χ4n) is 2.34. The zero-order chi connectivity index (χ0) is 13.3. The van der Waals surface area contributed by atoms with Crippen molar-refractivity contribution in [2.45, 2.75) is 52.1 Å². The van der Waals surface area contributed by atoms with E-state index in [0.29, 0.717) is 0 Å². The van der Waals surface area contributed by atoms with Crippen molar-refractivity contribution in [2.24, 2.45) is 5.73 Å². The summed E-state index contributed by atoms with van der Waals surface area (Å²) in [7, 11) is 0. The van der Waals surface area contributed by atoms with E-state index in [1.165, 1.54) is 0 Å². The molecule has 2 aromatic heterocycles. The lowest BCUT2D eigenvalue weighted by Gasteiger charge is -2.26. The van der Waals surface area contributed by atoms with Crippen molar-refractivity contribution in [1.29, 1.82) is 0 Å². The minimum absolute atomic E-state index is 0.0124. The monoisotopic (exact) mass is 246 g/mol. The topological polar surface area (TPSA) is 56.7 Å². The Bertz CT molecular complexity index is 536. The molecule has 0 spiro atoms. The molecule has 4 heteroatoms. The molecular weight excluding hydrogens is 224 g/mol. The number of pyridine rings is 1. The summed E-state index contributed by atoms with van der Waals surface area (Å²) >= 11 is 0. The first-order valence-electron chi connectivity index (χ1n) is 6.53. The van der Waals surface area contributed by atoms with Crippen LogP contribution in [0.15, 0.2) is 18.5 Å². The number of aromatic nitrogens is 3. The highest BCUT2D eigenvalue weighted by atomic mass is 15.2. The molecule has 0 amide bonds. The van der Waals surface area contributed by atoms with Crippen LogP contribution in [0.1, 0.15) is 52.4 Å². The maximum absolute atomic E-state index is 6.26. The van der Waals surface area contributed by atoms with Crippen LogP contribution in [-0.2, 0) is 5.54 Å². The first-order valence-corrected chi connectivity index (χ1v) is 6.53. The van der Waals surface area contributed by atoms with Gasteiger partial charge in [0.15, 0.2) is 0 Å². The van der Waals surface area contributed by atoms with E-state index in [4.69, 9.17) is 5.73 Å². The van der Waals surface area contributed by atoms with Crippen molar-refractivity contribution in [2.75, 3.05) is 0 Å². The Balaban J connectivity index is 2.64. The molecule has 2 rings (SSSR count). The molecule has 0 aliphatic rings. The second-order valence-electron chi connectivity index (χ2n) is 5.74. The third-order valence-corrected chi connectivity index (χ3v) is 3.08. The Morgan fingerprint density at radius 1 is 1.39 bits per heavy atom. The summed E-state index contributed by atoms with van der Waals surface area (Å²) < 4.78 is 2.24. The van der Waals surface area contributed by atoms with Crippen molar-refractivity contribution in [1.82, 2.24) is 14.5 Å². The summed E-state index contributed by atoms with van der Waals surface area (Å²) in [6.07, 6.45) is 5.63. The highest BCUT2D eigenvalue weighted by Gasteiger charge is 2.24. The van der Waals surface area contributed by atoms with Gasteiger partial charge in [-0.3, -0.25) is 4.98 Å². The maximum Gasteiger partial charge on any atom is 0.127 e. The van der Waals surface area contributed by atoms with Crippen LogP contribution in [0, 0.1) is 0 Å². The van der Waals surface area contributed by atoms with Crippen LogP contribution in [0.2, 0.25) is 0 Å². The van der Waals surface area contributed by atoms with Gasteiger partial charge in [-0.25, -0.2) is 4.98 Å². The Hall–Kier alpha value is -1.42. The molecule has 0 aliphatic carbocycles. The van der Waals surface area contributed by atoms with Crippen LogP contribution in [0.4, 0.5) is 0 Å². The molecule has 18 heavy (non-hydrogen) atoms. The second-order valence-corrected chi connectivity index (χ2v) is 5.74. The van der Waals surface area contributed by atoms with Crippen LogP contribution in [-0.4, -0.2) is 14.5 Å². The van der Waals surface area contributed by atoms with Crippen molar-refractivity contribution < 1.29 is 0 Å². The molecule has 0 fully saturated rings. The average Bonchev–Trinajstić information content (AvgIpc) is 2.68.